The highest BCUT2D eigenvalue weighted by molar-refractivity contribution is 14.1. The van der Waals surface area contributed by atoms with Crippen LogP contribution in [0.4, 0.5) is 5.69 Å². The van der Waals surface area contributed by atoms with Crippen molar-refractivity contribution in [2.75, 3.05) is 4.72 Å². The van der Waals surface area contributed by atoms with Gasteiger partial charge in [0.25, 0.3) is 15.9 Å². The van der Waals surface area contributed by atoms with E-state index < -0.39 is 28.1 Å². The zero-order chi connectivity index (χ0) is 24.5. The third kappa shape index (κ3) is 5.38. The Hall–Kier alpha value is -2.19. The van der Waals surface area contributed by atoms with Gasteiger partial charge in [-0.25, -0.2) is 8.42 Å². The lowest BCUT2D eigenvalue weighted by Crippen LogP contribution is -2.37. The average molecular weight is 631 g/mol. The number of anilines is 1. The molecule has 8 nitrogen and oxygen atoms in total. The van der Waals surface area contributed by atoms with Crippen LogP contribution in [0.2, 0.25) is 5.02 Å². The Balaban J connectivity index is 1.56. The zero-order valence-electron chi connectivity index (χ0n) is 17.7. The lowest BCUT2D eigenvalue weighted by Gasteiger charge is -2.23. The second-order valence-electron chi connectivity index (χ2n) is 7.49. The SMILES string of the molecule is CC(NC(=O)c1ccc(I)cc1NS(=O)(=O)C1=CC=CN2SNC=C12)C(O)c1ccc(Cl)cc1. The number of fused-ring (bicyclic) bond motifs is 1. The first-order chi connectivity index (χ1) is 16.2. The number of allylic oxidation sites excluding steroid dienone is 2. The lowest BCUT2D eigenvalue weighted by atomic mass is 10.0. The first kappa shape index (κ1) is 24.9. The quantitative estimate of drug-likeness (QED) is 0.267. The number of carbonyl (C=O) groups excluding carboxylic acids is 1. The van der Waals surface area contributed by atoms with Gasteiger partial charge in [0.05, 0.1) is 41.2 Å². The van der Waals surface area contributed by atoms with Crippen molar-refractivity contribution in [3.8, 4) is 0 Å². The monoisotopic (exact) mass is 630 g/mol. The minimum absolute atomic E-state index is 0.0734. The minimum Gasteiger partial charge on any atom is -0.386 e. The van der Waals surface area contributed by atoms with Crippen molar-refractivity contribution in [1.29, 1.82) is 0 Å². The van der Waals surface area contributed by atoms with E-state index in [4.69, 9.17) is 11.6 Å². The summed E-state index contributed by atoms with van der Waals surface area (Å²) in [4.78, 5) is 13.2. The van der Waals surface area contributed by atoms with Gasteiger partial charge in [-0.3, -0.25) is 13.8 Å². The summed E-state index contributed by atoms with van der Waals surface area (Å²) in [6, 6.07) is 10.9. The number of hydrogen-bond donors (Lipinski definition) is 4. The van der Waals surface area contributed by atoms with Crippen LogP contribution in [0.25, 0.3) is 0 Å². The number of hydrogen-bond acceptors (Lipinski definition) is 7. The van der Waals surface area contributed by atoms with Crippen LogP contribution >= 0.6 is 46.3 Å². The van der Waals surface area contributed by atoms with E-state index in [-0.39, 0.29) is 16.2 Å². The first-order valence-electron chi connectivity index (χ1n) is 10.0. The Labute approximate surface area is 220 Å². The van der Waals surface area contributed by atoms with Crippen LogP contribution in [0, 0.1) is 3.57 Å². The normalized spacial score (nSPS) is 16.6. The number of rotatable bonds is 7. The number of amides is 1. The van der Waals surface area contributed by atoms with Crippen molar-refractivity contribution in [2.24, 2.45) is 0 Å². The molecule has 1 amide bonds. The molecular weight excluding hydrogens is 611 g/mol. The molecule has 2 unspecified atom stereocenters. The molecule has 4 rings (SSSR count). The molecule has 0 saturated heterocycles. The number of nitrogens with one attached hydrogen (secondary N) is 3. The van der Waals surface area contributed by atoms with Crippen molar-refractivity contribution in [1.82, 2.24) is 14.3 Å². The predicted octanol–water partition coefficient (Wildman–Crippen LogP) is 4.26. The highest BCUT2D eigenvalue weighted by Gasteiger charge is 2.31. The average Bonchev–Trinajstić information content (AvgIpc) is 3.27. The Bertz CT molecular complexity index is 1310. The van der Waals surface area contributed by atoms with E-state index >= 15 is 0 Å². The van der Waals surface area contributed by atoms with Crippen LogP contribution in [0.15, 0.2) is 77.6 Å². The number of aliphatic hydroxyl groups excluding tert-OH is 1. The smallest absolute Gasteiger partial charge is 0.264 e. The molecule has 0 bridgehead atoms. The summed E-state index contributed by atoms with van der Waals surface area (Å²) < 4.78 is 34.4. The first-order valence-corrected chi connectivity index (χ1v) is 13.7. The van der Waals surface area contributed by atoms with Crippen LogP contribution < -0.4 is 14.8 Å². The van der Waals surface area contributed by atoms with Crippen LogP contribution in [0.3, 0.4) is 0 Å². The standard InChI is InChI=1S/C22H20ClIN4O4S2/c1-13(21(29)14-4-6-15(23)7-5-14)26-22(30)17-9-8-16(24)11-18(17)27-34(31,32)20-3-2-10-28-19(20)12-25-33-28/h2-13,21,25,27,29H,1H3,(H,26,30). The molecule has 0 aromatic heterocycles. The van der Waals surface area contributed by atoms with Gasteiger partial charge < -0.3 is 15.1 Å². The number of nitrogens with zero attached hydrogens (tertiary/aromatic N) is 1. The molecule has 2 aromatic carbocycles. The molecule has 2 atom stereocenters. The topological polar surface area (TPSA) is 111 Å². The van der Waals surface area contributed by atoms with E-state index in [0.29, 0.717) is 16.3 Å². The summed E-state index contributed by atoms with van der Waals surface area (Å²) in [6.07, 6.45) is 5.49. The molecule has 4 N–H and O–H groups in total. The molecule has 34 heavy (non-hydrogen) atoms. The fourth-order valence-corrected chi connectivity index (χ4v) is 5.97. The third-order valence-electron chi connectivity index (χ3n) is 5.11. The van der Waals surface area contributed by atoms with Crippen molar-refractivity contribution in [3.63, 3.8) is 0 Å². The van der Waals surface area contributed by atoms with Gasteiger partial charge in [-0.15, -0.1) is 0 Å². The van der Waals surface area contributed by atoms with E-state index in [1.54, 1.807) is 72.2 Å². The van der Waals surface area contributed by atoms with Crippen LogP contribution in [0.5, 0.6) is 0 Å². The van der Waals surface area contributed by atoms with Gasteiger partial charge >= 0.3 is 0 Å². The van der Waals surface area contributed by atoms with E-state index in [1.807, 2.05) is 22.6 Å². The van der Waals surface area contributed by atoms with Crippen molar-refractivity contribution in [3.05, 3.63) is 97.3 Å². The molecule has 2 heterocycles. The minimum atomic E-state index is -4.00. The Morgan fingerprint density at radius 3 is 2.71 bits per heavy atom. The van der Waals surface area contributed by atoms with Gasteiger partial charge in [0.2, 0.25) is 0 Å². The number of carbonyl (C=O) groups is 1. The molecule has 12 heteroatoms. The number of sulfonamides is 1. The molecule has 0 spiro atoms. The highest BCUT2D eigenvalue weighted by atomic mass is 127. The summed E-state index contributed by atoms with van der Waals surface area (Å²) >= 11 is 9.20. The van der Waals surface area contributed by atoms with E-state index in [1.165, 1.54) is 18.2 Å². The molecule has 0 radical (unpaired) electrons. The fourth-order valence-electron chi connectivity index (χ4n) is 3.37. The van der Waals surface area contributed by atoms with E-state index in [2.05, 4.69) is 14.8 Å². The summed E-state index contributed by atoms with van der Waals surface area (Å²) in [7, 11) is -4.00. The molecule has 0 saturated carbocycles. The zero-order valence-corrected chi connectivity index (χ0v) is 22.2. The largest absolute Gasteiger partial charge is 0.386 e. The van der Waals surface area contributed by atoms with Gasteiger partial charge in [-0.1, -0.05) is 23.7 Å². The molecule has 0 fully saturated rings. The number of benzene rings is 2. The molecule has 2 aliphatic rings. The van der Waals surface area contributed by atoms with Crippen LogP contribution in [0.1, 0.15) is 28.9 Å². The predicted molar refractivity (Wildman–Crippen MR) is 143 cm³/mol. The van der Waals surface area contributed by atoms with E-state index in [0.717, 1.165) is 3.57 Å². The third-order valence-corrected chi connectivity index (χ3v) is 8.18. The van der Waals surface area contributed by atoms with Gasteiger partial charge in [0, 0.05) is 21.0 Å². The van der Waals surface area contributed by atoms with Gasteiger partial charge in [-0.05, 0) is 77.6 Å². The molecule has 0 aliphatic carbocycles. The second kappa shape index (κ2) is 10.2. The summed E-state index contributed by atoms with van der Waals surface area (Å²) in [5.74, 6) is -0.522. The summed E-state index contributed by atoms with van der Waals surface area (Å²) in [5, 5.41) is 13.9. The Morgan fingerprint density at radius 2 is 1.97 bits per heavy atom. The van der Waals surface area contributed by atoms with Crippen LogP contribution in [-0.2, 0) is 10.0 Å². The van der Waals surface area contributed by atoms with Gasteiger partial charge in [0.1, 0.15) is 4.91 Å². The lowest BCUT2D eigenvalue weighted by molar-refractivity contribution is 0.0853. The number of halogens is 2. The highest BCUT2D eigenvalue weighted by Crippen LogP contribution is 2.34. The summed E-state index contributed by atoms with van der Waals surface area (Å²) in [5.41, 5.74) is 1.35. The maximum absolute atomic E-state index is 13.2. The molecule has 178 valence electrons. The van der Waals surface area contributed by atoms with Crippen molar-refractivity contribution in [2.45, 2.75) is 19.1 Å². The second-order valence-corrected chi connectivity index (χ2v) is 11.6. The maximum Gasteiger partial charge on any atom is 0.264 e. The molecular formula is C22H20ClIN4O4S2. The van der Waals surface area contributed by atoms with E-state index in [9.17, 15) is 18.3 Å². The Kier molecular flexibility index (Phi) is 7.48. The molecule has 2 aromatic rings. The fraction of sp³-hybridized carbons (Fsp3) is 0.136. The van der Waals surface area contributed by atoms with Crippen LogP contribution in [-0.4, -0.2) is 29.8 Å². The van der Waals surface area contributed by atoms with Crippen molar-refractivity contribution >= 4 is 67.9 Å². The molecule has 2 aliphatic heterocycles. The maximum atomic E-state index is 13.2. The summed E-state index contributed by atoms with van der Waals surface area (Å²) in [6.45, 7) is 1.67. The van der Waals surface area contributed by atoms with Crippen molar-refractivity contribution < 1.29 is 18.3 Å². The van der Waals surface area contributed by atoms with Gasteiger partial charge in [-0.2, -0.15) is 0 Å². The number of aliphatic hydroxyl groups is 1. The Morgan fingerprint density at radius 1 is 1.24 bits per heavy atom. The van der Waals surface area contributed by atoms with Gasteiger partial charge in [0.15, 0.2) is 0 Å².